The molecule has 0 spiro atoms. The highest BCUT2D eigenvalue weighted by Gasteiger charge is 2.31. The van der Waals surface area contributed by atoms with Gasteiger partial charge < -0.3 is 10.0 Å². The Labute approximate surface area is 140 Å². The lowest BCUT2D eigenvalue weighted by atomic mass is 10.0. The van der Waals surface area contributed by atoms with Gasteiger partial charge in [0.05, 0.1) is 12.6 Å². The highest BCUT2D eigenvalue weighted by atomic mass is 16.3. The zero-order valence-corrected chi connectivity index (χ0v) is 14.8. The molecule has 1 amide bonds. The van der Waals surface area contributed by atoms with E-state index in [0.29, 0.717) is 19.0 Å². The Balaban J connectivity index is 2.00. The SMILES string of the molecule is CC(O)C1CCN(CC(=O)N(Cc2ccccc2)C(C)(C)C)C1. The van der Waals surface area contributed by atoms with E-state index >= 15 is 0 Å². The summed E-state index contributed by atoms with van der Waals surface area (Å²) >= 11 is 0. The molecule has 1 aliphatic heterocycles. The average Bonchev–Trinajstić information content (AvgIpc) is 2.93. The van der Waals surface area contributed by atoms with Crippen LogP contribution < -0.4 is 0 Å². The molecule has 0 bridgehead atoms. The van der Waals surface area contributed by atoms with Crippen LogP contribution in [0.4, 0.5) is 0 Å². The maximum absolute atomic E-state index is 12.8. The van der Waals surface area contributed by atoms with Crippen LogP contribution in [0.1, 0.15) is 39.7 Å². The molecule has 1 aromatic carbocycles. The van der Waals surface area contributed by atoms with Crippen LogP contribution in [0.5, 0.6) is 0 Å². The first-order valence-corrected chi connectivity index (χ1v) is 8.52. The predicted molar refractivity (Wildman–Crippen MR) is 93.0 cm³/mol. The second-order valence-electron chi connectivity index (χ2n) is 7.66. The van der Waals surface area contributed by atoms with Crippen molar-refractivity contribution in [3.63, 3.8) is 0 Å². The monoisotopic (exact) mass is 318 g/mol. The number of carbonyl (C=O) groups excluding carboxylic acids is 1. The molecule has 1 heterocycles. The van der Waals surface area contributed by atoms with Gasteiger partial charge in [0.25, 0.3) is 0 Å². The number of nitrogens with zero attached hydrogens (tertiary/aromatic N) is 2. The largest absolute Gasteiger partial charge is 0.393 e. The van der Waals surface area contributed by atoms with Gasteiger partial charge in [-0.05, 0) is 52.1 Å². The lowest BCUT2D eigenvalue weighted by Crippen LogP contribution is -2.49. The van der Waals surface area contributed by atoms with E-state index in [9.17, 15) is 9.90 Å². The van der Waals surface area contributed by atoms with E-state index in [1.54, 1.807) is 0 Å². The van der Waals surface area contributed by atoms with Crippen LogP contribution in [0.2, 0.25) is 0 Å². The summed E-state index contributed by atoms with van der Waals surface area (Å²) in [6, 6.07) is 10.1. The Kier molecular flexibility index (Phi) is 5.82. The summed E-state index contributed by atoms with van der Waals surface area (Å²) in [6.45, 7) is 10.9. The van der Waals surface area contributed by atoms with Crippen molar-refractivity contribution < 1.29 is 9.90 Å². The predicted octanol–water partition coefficient (Wildman–Crippen LogP) is 2.52. The van der Waals surface area contributed by atoms with E-state index in [0.717, 1.165) is 25.1 Å². The van der Waals surface area contributed by atoms with Crippen LogP contribution in [0.15, 0.2) is 30.3 Å². The average molecular weight is 318 g/mol. The Hall–Kier alpha value is -1.39. The molecule has 1 aliphatic rings. The normalized spacial score (nSPS) is 20.5. The van der Waals surface area contributed by atoms with Crippen molar-refractivity contribution in [3.05, 3.63) is 35.9 Å². The maximum Gasteiger partial charge on any atom is 0.237 e. The summed E-state index contributed by atoms with van der Waals surface area (Å²) in [7, 11) is 0. The molecule has 0 aromatic heterocycles. The molecule has 1 aromatic rings. The van der Waals surface area contributed by atoms with E-state index in [1.165, 1.54) is 0 Å². The van der Waals surface area contributed by atoms with E-state index in [4.69, 9.17) is 0 Å². The fourth-order valence-electron chi connectivity index (χ4n) is 3.14. The zero-order chi connectivity index (χ0) is 17.0. The zero-order valence-electron chi connectivity index (χ0n) is 14.8. The molecular formula is C19H30N2O2. The number of likely N-dealkylation sites (tertiary alicyclic amines) is 1. The topological polar surface area (TPSA) is 43.8 Å². The van der Waals surface area contributed by atoms with Crippen molar-refractivity contribution >= 4 is 5.91 Å². The molecule has 1 saturated heterocycles. The van der Waals surface area contributed by atoms with Gasteiger partial charge >= 0.3 is 0 Å². The molecule has 128 valence electrons. The number of hydrogen-bond acceptors (Lipinski definition) is 3. The summed E-state index contributed by atoms with van der Waals surface area (Å²) < 4.78 is 0. The Morgan fingerprint density at radius 2 is 2.00 bits per heavy atom. The van der Waals surface area contributed by atoms with Gasteiger partial charge in [-0.1, -0.05) is 30.3 Å². The summed E-state index contributed by atoms with van der Waals surface area (Å²) in [5.41, 5.74) is 0.940. The standard InChI is InChI=1S/C19H30N2O2/c1-15(22)17-10-11-20(13-17)14-18(23)21(19(2,3)4)12-16-8-6-5-7-9-16/h5-9,15,17,22H,10-14H2,1-4H3. The molecule has 0 aliphatic carbocycles. The van der Waals surface area contributed by atoms with E-state index in [2.05, 4.69) is 37.8 Å². The minimum atomic E-state index is -0.293. The number of amides is 1. The fourth-order valence-corrected chi connectivity index (χ4v) is 3.14. The van der Waals surface area contributed by atoms with Gasteiger partial charge in [0.15, 0.2) is 0 Å². The number of hydrogen-bond donors (Lipinski definition) is 1. The van der Waals surface area contributed by atoms with E-state index < -0.39 is 0 Å². The fraction of sp³-hybridized carbons (Fsp3) is 0.632. The number of rotatable bonds is 5. The molecule has 4 nitrogen and oxygen atoms in total. The van der Waals surface area contributed by atoms with Crippen LogP contribution in [0.25, 0.3) is 0 Å². The summed E-state index contributed by atoms with van der Waals surface area (Å²) in [5, 5.41) is 9.72. The van der Waals surface area contributed by atoms with Gasteiger partial charge in [0.2, 0.25) is 5.91 Å². The molecule has 2 unspecified atom stereocenters. The van der Waals surface area contributed by atoms with Crippen molar-refractivity contribution in [2.24, 2.45) is 5.92 Å². The third-order valence-corrected chi connectivity index (χ3v) is 4.64. The second kappa shape index (κ2) is 7.45. The van der Waals surface area contributed by atoms with Crippen LogP contribution in [-0.4, -0.2) is 52.1 Å². The second-order valence-corrected chi connectivity index (χ2v) is 7.66. The third kappa shape index (κ3) is 5.05. The molecule has 0 radical (unpaired) electrons. The third-order valence-electron chi connectivity index (χ3n) is 4.64. The van der Waals surface area contributed by atoms with Gasteiger partial charge in [-0.25, -0.2) is 0 Å². The summed E-state index contributed by atoms with van der Waals surface area (Å²) in [4.78, 5) is 17.0. The van der Waals surface area contributed by atoms with Crippen LogP contribution >= 0.6 is 0 Å². The molecule has 2 atom stereocenters. The van der Waals surface area contributed by atoms with Crippen LogP contribution in [0, 0.1) is 5.92 Å². The van der Waals surface area contributed by atoms with Crippen molar-refractivity contribution in [1.82, 2.24) is 9.80 Å². The minimum absolute atomic E-state index is 0.160. The summed E-state index contributed by atoms with van der Waals surface area (Å²) in [6.07, 6.45) is 0.678. The van der Waals surface area contributed by atoms with Crippen molar-refractivity contribution in [2.75, 3.05) is 19.6 Å². The smallest absolute Gasteiger partial charge is 0.237 e. The van der Waals surface area contributed by atoms with Crippen LogP contribution in [-0.2, 0) is 11.3 Å². The number of benzene rings is 1. The quantitative estimate of drug-likeness (QED) is 0.907. The number of aliphatic hydroxyl groups is 1. The number of aliphatic hydroxyl groups excluding tert-OH is 1. The highest BCUT2D eigenvalue weighted by Crippen LogP contribution is 2.22. The Bertz CT molecular complexity index is 508. The first kappa shape index (κ1) is 18.0. The molecule has 2 rings (SSSR count). The van der Waals surface area contributed by atoms with Gasteiger partial charge in [-0.2, -0.15) is 0 Å². The van der Waals surface area contributed by atoms with Gasteiger partial charge in [-0.15, -0.1) is 0 Å². The minimum Gasteiger partial charge on any atom is -0.393 e. The van der Waals surface area contributed by atoms with Gasteiger partial charge in [0.1, 0.15) is 0 Å². The molecule has 4 heteroatoms. The van der Waals surface area contributed by atoms with Crippen molar-refractivity contribution in [1.29, 1.82) is 0 Å². The van der Waals surface area contributed by atoms with Crippen LogP contribution in [0.3, 0.4) is 0 Å². The van der Waals surface area contributed by atoms with Gasteiger partial charge in [-0.3, -0.25) is 9.69 Å². The lowest BCUT2D eigenvalue weighted by molar-refractivity contribution is -0.137. The van der Waals surface area contributed by atoms with Gasteiger partial charge in [0, 0.05) is 18.6 Å². The molecular weight excluding hydrogens is 288 g/mol. The molecule has 1 N–H and O–H groups in total. The van der Waals surface area contributed by atoms with Crippen molar-refractivity contribution in [3.8, 4) is 0 Å². The van der Waals surface area contributed by atoms with Crippen molar-refractivity contribution in [2.45, 2.75) is 52.3 Å². The molecule has 23 heavy (non-hydrogen) atoms. The number of carbonyl (C=O) groups is 1. The maximum atomic E-state index is 12.8. The molecule has 0 saturated carbocycles. The van der Waals surface area contributed by atoms with E-state index in [-0.39, 0.29) is 17.6 Å². The first-order valence-electron chi connectivity index (χ1n) is 8.52. The summed E-state index contributed by atoms with van der Waals surface area (Å²) in [5.74, 6) is 0.451. The first-order chi connectivity index (χ1) is 10.8. The Morgan fingerprint density at radius 3 is 2.52 bits per heavy atom. The Morgan fingerprint density at radius 1 is 1.35 bits per heavy atom. The van der Waals surface area contributed by atoms with E-state index in [1.807, 2.05) is 30.0 Å². The highest BCUT2D eigenvalue weighted by molar-refractivity contribution is 5.79. The molecule has 1 fully saturated rings. The lowest BCUT2D eigenvalue weighted by Gasteiger charge is -2.37.